The number of aromatic nitrogens is 2. The van der Waals surface area contributed by atoms with E-state index < -0.39 is 0 Å². The van der Waals surface area contributed by atoms with Crippen molar-refractivity contribution in [3.05, 3.63) is 20.3 Å². The molecule has 0 unspecified atom stereocenters. The molecule has 1 aromatic heterocycles. The maximum absolute atomic E-state index is 11.4. The minimum atomic E-state index is -0.121. The summed E-state index contributed by atoms with van der Waals surface area (Å²) in [5, 5.41) is 12.6. The van der Waals surface area contributed by atoms with Crippen LogP contribution < -0.4 is 10.9 Å². The summed E-state index contributed by atoms with van der Waals surface area (Å²) in [6.07, 6.45) is 5.13. The van der Waals surface area contributed by atoms with Gasteiger partial charge in [-0.05, 0) is 54.2 Å². The number of H-pyrrole nitrogens is 1. The lowest BCUT2D eigenvalue weighted by Crippen LogP contribution is -2.25. The van der Waals surface area contributed by atoms with Gasteiger partial charge in [-0.15, -0.1) is 0 Å². The number of nitrogens with zero attached hydrogens (tertiary/aromatic N) is 1. The van der Waals surface area contributed by atoms with Crippen molar-refractivity contribution in [1.29, 1.82) is 0 Å². The Kier molecular flexibility index (Phi) is 4.38. The summed E-state index contributed by atoms with van der Waals surface area (Å²) in [6, 6.07) is 0. The first-order valence-electron chi connectivity index (χ1n) is 5.82. The van der Waals surface area contributed by atoms with E-state index in [1.807, 2.05) is 22.6 Å². The van der Waals surface area contributed by atoms with Gasteiger partial charge in [-0.2, -0.15) is 0 Å². The first kappa shape index (κ1) is 12.8. The largest absolute Gasteiger partial charge is 0.393 e. The van der Waals surface area contributed by atoms with Crippen molar-refractivity contribution >= 4 is 28.4 Å². The molecule has 0 radical (unpaired) electrons. The second-order valence-corrected chi connectivity index (χ2v) is 5.53. The highest BCUT2D eigenvalue weighted by Crippen LogP contribution is 2.24. The number of hydrogen-bond acceptors (Lipinski definition) is 4. The Morgan fingerprint density at radius 2 is 2.18 bits per heavy atom. The molecular weight excluding hydrogens is 333 g/mol. The van der Waals surface area contributed by atoms with Crippen LogP contribution in [-0.2, 0) is 0 Å². The maximum atomic E-state index is 11.4. The summed E-state index contributed by atoms with van der Waals surface area (Å²) in [4.78, 5) is 18.0. The lowest BCUT2D eigenvalue weighted by molar-refractivity contribution is 0.111. The molecule has 94 valence electrons. The summed E-state index contributed by atoms with van der Waals surface area (Å²) in [5.41, 5.74) is -0.109. The van der Waals surface area contributed by atoms with E-state index in [0.717, 1.165) is 32.2 Å². The summed E-state index contributed by atoms with van der Waals surface area (Å²) >= 11 is 1.99. The van der Waals surface area contributed by atoms with E-state index >= 15 is 0 Å². The first-order chi connectivity index (χ1) is 8.16. The fraction of sp³-hybridized carbons (Fsp3) is 0.636. The standard InChI is InChI=1S/C11H16IN3O2/c12-9-10(14-6-15-11(9)17)13-5-7-1-3-8(16)4-2-7/h6-8,16H,1-5H2,(H2,13,14,15,17). The van der Waals surface area contributed by atoms with Crippen LogP contribution in [-0.4, -0.2) is 27.7 Å². The minimum absolute atomic E-state index is 0.109. The van der Waals surface area contributed by atoms with E-state index in [9.17, 15) is 9.90 Å². The van der Waals surface area contributed by atoms with Gasteiger partial charge in [-0.1, -0.05) is 0 Å². The van der Waals surface area contributed by atoms with Crippen LogP contribution in [0.1, 0.15) is 25.7 Å². The van der Waals surface area contributed by atoms with Gasteiger partial charge in [0.2, 0.25) is 0 Å². The van der Waals surface area contributed by atoms with Crippen LogP contribution in [0.15, 0.2) is 11.1 Å². The van der Waals surface area contributed by atoms with Crippen LogP contribution in [0, 0.1) is 9.49 Å². The Bertz CT molecular complexity index is 427. The Hall–Kier alpha value is -0.630. The number of aliphatic hydroxyl groups excluding tert-OH is 1. The zero-order valence-corrected chi connectivity index (χ0v) is 11.6. The number of rotatable bonds is 3. The van der Waals surface area contributed by atoms with Gasteiger partial charge < -0.3 is 15.4 Å². The molecule has 1 fully saturated rings. The van der Waals surface area contributed by atoms with Gasteiger partial charge in [-0.25, -0.2) is 4.98 Å². The molecule has 6 heteroatoms. The molecule has 0 saturated heterocycles. The highest BCUT2D eigenvalue weighted by atomic mass is 127. The van der Waals surface area contributed by atoms with Crippen molar-refractivity contribution in [2.24, 2.45) is 5.92 Å². The molecular formula is C11H16IN3O2. The third kappa shape index (κ3) is 3.41. The zero-order valence-electron chi connectivity index (χ0n) is 9.45. The van der Waals surface area contributed by atoms with Gasteiger partial charge in [0.1, 0.15) is 9.39 Å². The summed E-state index contributed by atoms with van der Waals surface area (Å²) in [6.45, 7) is 0.819. The summed E-state index contributed by atoms with van der Waals surface area (Å²) < 4.78 is 0.598. The van der Waals surface area contributed by atoms with Crippen molar-refractivity contribution in [2.75, 3.05) is 11.9 Å². The van der Waals surface area contributed by atoms with Crippen LogP contribution in [0.25, 0.3) is 0 Å². The van der Waals surface area contributed by atoms with Gasteiger partial charge >= 0.3 is 0 Å². The third-order valence-corrected chi connectivity index (χ3v) is 4.17. The van der Waals surface area contributed by atoms with Crippen LogP contribution in [0.5, 0.6) is 0 Å². The van der Waals surface area contributed by atoms with Gasteiger partial charge in [-0.3, -0.25) is 4.79 Å². The van der Waals surface area contributed by atoms with Gasteiger partial charge in [0, 0.05) is 6.54 Å². The quantitative estimate of drug-likeness (QED) is 0.720. The number of halogens is 1. The maximum Gasteiger partial charge on any atom is 0.266 e. The van der Waals surface area contributed by atoms with Crippen LogP contribution in [0.4, 0.5) is 5.82 Å². The molecule has 1 aromatic rings. The SMILES string of the molecule is O=c1[nH]cnc(NCC2CCC(O)CC2)c1I. The molecule has 3 N–H and O–H groups in total. The van der Waals surface area contributed by atoms with E-state index in [0.29, 0.717) is 15.3 Å². The lowest BCUT2D eigenvalue weighted by Gasteiger charge is -2.25. The van der Waals surface area contributed by atoms with Crippen LogP contribution >= 0.6 is 22.6 Å². The molecule has 0 aliphatic heterocycles. The Balaban J connectivity index is 1.90. The average Bonchev–Trinajstić information content (AvgIpc) is 2.33. The van der Waals surface area contributed by atoms with Crippen molar-refractivity contribution in [1.82, 2.24) is 9.97 Å². The molecule has 5 nitrogen and oxygen atoms in total. The Morgan fingerprint density at radius 1 is 1.47 bits per heavy atom. The second kappa shape index (κ2) is 5.81. The highest BCUT2D eigenvalue weighted by Gasteiger charge is 2.19. The van der Waals surface area contributed by atoms with Crippen molar-refractivity contribution in [3.63, 3.8) is 0 Å². The molecule has 0 atom stereocenters. The number of aliphatic hydroxyl groups is 1. The number of anilines is 1. The molecule has 1 aliphatic rings. The van der Waals surface area contributed by atoms with Gasteiger partial charge in [0.25, 0.3) is 5.56 Å². The molecule has 0 amide bonds. The topological polar surface area (TPSA) is 78.0 Å². The van der Waals surface area contributed by atoms with Crippen LogP contribution in [0.2, 0.25) is 0 Å². The molecule has 17 heavy (non-hydrogen) atoms. The monoisotopic (exact) mass is 349 g/mol. The first-order valence-corrected chi connectivity index (χ1v) is 6.90. The van der Waals surface area contributed by atoms with Gasteiger partial charge in [0.05, 0.1) is 12.4 Å². The molecule has 1 heterocycles. The highest BCUT2D eigenvalue weighted by molar-refractivity contribution is 14.1. The predicted molar refractivity (Wildman–Crippen MR) is 74.0 cm³/mol. The normalized spacial score (nSPS) is 24.6. The minimum Gasteiger partial charge on any atom is -0.393 e. The van der Waals surface area contributed by atoms with E-state index in [1.165, 1.54) is 6.33 Å². The number of nitrogens with one attached hydrogen (secondary N) is 2. The molecule has 0 spiro atoms. The average molecular weight is 349 g/mol. The lowest BCUT2D eigenvalue weighted by atomic mass is 9.87. The zero-order chi connectivity index (χ0) is 12.3. The van der Waals surface area contributed by atoms with E-state index in [-0.39, 0.29) is 11.7 Å². The van der Waals surface area contributed by atoms with Crippen molar-refractivity contribution < 1.29 is 5.11 Å². The molecule has 0 bridgehead atoms. The van der Waals surface area contributed by atoms with E-state index in [1.54, 1.807) is 0 Å². The van der Waals surface area contributed by atoms with Crippen LogP contribution in [0.3, 0.4) is 0 Å². The van der Waals surface area contributed by atoms with Crippen molar-refractivity contribution in [3.8, 4) is 0 Å². The predicted octanol–water partition coefficient (Wildman–Crippen LogP) is 1.34. The fourth-order valence-electron chi connectivity index (χ4n) is 2.10. The summed E-state index contributed by atoms with van der Waals surface area (Å²) in [5.74, 6) is 1.22. The van der Waals surface area contributed by atoms with E-state index in [4.69, 9.17) is 0 Å². The number of hydrogen-bond donors (Lipinski definition) is 3. The second-order valence-electron chi connectivity index (χ2n) is 4.45. The smallest absolute Gasteiger partial charge is 0.266 e. The molecule has 1 aliphatic carbocycles. The fourth-order valence-corrected chi connectivity index (χ4v) is 2.58. The Labute approximate surface area is 113 Å². The molecule has 0 aromatic carbocycles. The molecule has 2 rings (SSSR count). The van der Waals surface area contributed by atoms with Crippen molar-refractivity contribution in [2.45, 2.75) is 31.8 Å². The molecule has 1 saturated carbocycles. The number of aromatic amines is 1. The summed E-state index contributed by atoms with van der Waals surface area (Å²) in [7, 11) is 0. The van der Waals surface area contributed by atoms with E-state index in [2.05, 4.69) is 15.3 Å². The van der Waals surface area contributed by atoms with Gasteiger partial charge in [0.15, 0.2) is 0 Å². The third-order valence-electron chi connectivity index (χ3n) is 3.17. The Morgan fingerprint density at radius 3 is 2.88 bits per heavy atom.